The molecule has 2 rings (SSSR count). The van der Waals surface area contributed by atoms with Crippen molar-refractivity contribution in [2.45, 2.75) is 76.7 Å². The van der Waals surface area contributed by atoms with E-state index in [1.807, 2.05) is 0 Å². The average Bonchev–Trinajstić information content (AvgIpc) is 3.01. The smallest absolute Gasteiger partial charge is 0.207 e. The van der Waals surface area contributed by atoms with Gasteiger partial charge in [0, 0.05) is 13.2 Å². The summed E-state index contributed by atoms with van der Waals surface area (Å²) in [6.07, 6.45) is 2.75. The first-order valence-corrected chi connectivity index (χ1v) is 11.1. The highest BCUT2D eigenvalue weighted by Crippen LogP contribution is 2.21. The summed E-state index contributed by atoms with van der Waals surface area (Å²) in [6.45, 7) is 11.2. The minimum atomic E-state index is -1.02. The Hall–Kier alpha value is -0.0500. The highest BCUT2D eigenvalue weighted by molar-refractivity contribution is 7.79. The number of aliphatic hydroxyl groups excluding tert-OH is 2. The summed E-state index contributed by atoms with van der Waals surface area (Å²) in [4.78, 5) is 12.8. The summed E-state index contributed by atoms with van der Waals surface area (Å²) in [5.74, 6) is 0.949. The van der Waals surface area contributed by atoms with Crippen molar-refractivity contribution >= 4 is 30.6 Å². The Morgan fingerprint density at radius 3 is 2.22 bits per heavy atom. The molecule has 0 bridgehead atoms. The fourth-order valence-electron chi connectivity index (χ4n) is 2.85. The predicted molar refractivity (Wildman–Crippen MR) is 117 cm³/mol. The van der Waals surface area contributed by atoms with E-state index in [1.54, 1.807) is 13.2 Å². The Bertz CT molecular complexity index is 346. The summed E-state index contributed by atoms with van der Waals surface area (Å²) >= 11 is 9.40. The third-order valence-corrected chi connectivity index (χ3v) is 4.46. The van der Waals surface area contributed by atoms with Crippen LogP contribution in [0.25, 0.3) is 0 Å². The second kappa shape index (κ2) is 18.0. The lowest BCUT2D eigenvalue weighted by Crippen LogP contribution is -2.57. The molecule has 0 radical (unpaired) electrons. The number of halogens is 1. The van der Waals surface area contributed by atoms with Gasteiger partial charge in [0.05, 0.1) is 17.5 Å². The van der Waals surface area contributed by atoms with Crippen LogP contribution in [0.1, 0.15) is 47.0 Å². The number of carbonyl (C=O) groups is 1. The van der Waals surface area contributed by atoms with Gasteiger partial charge in [0.1, 0.15) is 12.2 Å². The van der Waals surface area contributed by atoms with Crippen LogP contribution in [0.15, 0.2) is 0 Å². The van der Waals surface area contributed by atoms with Crippen LogP contribution in [0, 0.1) is 5.92 Å². The Labute approximate surface area is 176 Å². The highest BCUT2D eigenvalue weighted by Gasteiger charge is 2.38. The molecule has 2 fully saturated rings. The number of carbonyl (C=O) groups excluding carboxylic acids is 1. The largest absolute Gasteiger partial charge is 0.390 e. The number of alkyl halides is 1. The van der Waals surface area contributed by atoms with Crippen LogP contribution >= 0.6 is 24.2 Å². The second-order valence-corrected chi connectivity index (χ2v) is 7.72. The molecule has 0 aliphatic carbocycles. The van der Waals surface area contributed by atoms with Crippen molar-refractivity contribution in [3.05, 3.63) is 0 Å². The van der Waals surface area contributed by atoms with E-state index in [9.17, 15) is 15.0 Å². The first-order valence-electron chi connectivity index (χ1n) is 9.73. The zero-order valence-corrected chi connectivity index (χ0v) is 19.4. The van der Waals surface area contributed by atoms with Gasteiger partial charge in [-0.25, -0.2) is 0 Å². The predicted octanol–water partition coefficient (Wildman–Crippen LogP) is 2.16. The summed E-state index contributed by atoms with van der Waals surface area (Å²) in [5, 5.41) is 21.3. The summed E-state index contributed by atoms with van der Waals surface area (Å²) in [6, 6.07) is -0.505. The fourth-order valence-corrected chi connectivity index (χ4v) is 3.07. The van der Waals surface area contributed by atoms with Crippen molar-refractivity contribution in [1.29, 1.82) is 0 Å². The number of hydrogen-bond acceptors (Lipinski definition) is 6. The van der Waals surface area contributed by atoms with E-state index in [2.05, 4.69) is 50.7 Å². The highest BCUT2D eigenvalue weighted by atomic mass is 35.5. The fraction of sp³-hybridized carbons (Fsp3) is 0.947. The maximum atomic E-state index is 10.4. The molecule has 6 nitrogen and oxygen atoms in total. The monoisotopic (exact) mass is 428 g/mol. The van der Waals surface area contributed by atoms with E-state index in [4.69, 9.17) is 16.3 Å². The van der Waals surface area contributed by atoms with Crippen LogP contribution in [0.4, 0.5) is 0 Å². The molecule has 0 aromatic carbocycles. The molecule has 2 aliphatic rings. The molecule has 1 amide bonds. The second-order valence-electron chi connectivity index (χ2n) is 7.03. The van der Waals surface area contributed by atoms with E-state index in [-0.39, 0.29) is 5.38 Å². The van der Waals surface area contributed by atoms with Crippen LogP contribution in [-0.4, -0.2) is 84.3 Å². The number of nitrogens with zero attached hydrogens (tertiary/aromatic N) is 1. The number of ether oxygens (including phenoxy) is 1. The molecule has 3 N–H and O–H groups in total. The maximum Gasteiger partial charge on any atom is 0.207 e. The Kier molecular flexibility index (Phi) is 19.4. The minimum absolute atomic E-state index is 0.351. The van der Waals surface area contributed by atoms with Gasteiger partial charge < -0.3 is 25.2 Å². The third-order valence-electron chi connectivity index (χ3n) is 4.19. The van der Waals surface area contributed by atoms with Gasteiger partial charge in [-0.1, -0.05) is 27.2 Å². The number of hydrogen-bond donors (Lipinski definition) is 4. The molecule has 27 heavy (non-hydrogen) atoms. The standard InChI is InChI=1S/C9H16ClNO4.C6H13N.C3H8.CH4S/c1-5(10)7(11-4-12)9-8(14)6(13)2-3-15-9;1-6-3-4-7(2)5-6;1-3-2;1-2/h4-9,13-14H,2-3H2,1H3,(H,11,12);6H,3-5H2,1-2H3;3H2,1-2H3;2H,1H3. The van der Waals surface area contributed by atoms with Gasteiger partial charge >= 0.3 is 0 Å². The van der Waals surface area contributed by atoms with E-state index in [0.29, 0.717) is 19.4 Å². The van der Waals surface area contributed by atoms with Crippen molar-refractivity contribution in [1.82, 2.24) is 10.2 Å². The van der Waals surface area contributed by atoms with Crippen LogP contribution in [0.5, 0.6) is 0 Å². The number of likely N-dealkylation sites (tertiary alicyclic amines) is 1. The number of amides is 1. The number of thiol groups is 1. The Balaban J connectivity index is 0. The first kappa shape index (κ1) is 29.2. The van der Waals surface area contributed by atoms with Crippen LogP contribution in [-0.2, 0) is 9.53 Å². The molecule has 0 aromatic rings. The number of aliphatic hydroxyl groups is 2. The van der Waals surface area contributed by atoms with E-state index < -0.39 is 24.4 Å². The molecule has 2 saturated heterocycles. The lowest BCUT2D eigenvalue weighted by atomic mass is 9.95. The van der Waals surface area contributed by atoms with Crippen molar-refractivity contribution in [3.63, 3.8) is 0 Å². The van der Waals surface area contributed by atoms with Crippen molar-refractivity contribution in [3.8, 4) is 0 Å². The van der Waals surface area contributed by atoms with Crippen LogP contribution < -0.4 is 5.32 Å². The zero-order chi connectivity index (χ0) is 21.4. The molecular formula is C19H41ClN2O4S. The molecule has 2 aliphatic heterocycles. The third kappa shape index (κ3) is 12.9. The Morgan fingerprint density at radius 1 is 1.33 bits per heavy atom. The molecule has 6 unspecified atom stereocenters. The molecule has 164 valence electrons. The normalized spacial score (nSPS) is 29.6. The van der Waals surface area contributed by atoms with Crippen LogP contribution in [0.3, 0.4) is 0 Å². The number of nitrogens with one attached hydrogen (secondary N) is 1. The molecule has 0 aromatic heterocycles. The Morgan fingerprint density at radius 2 is 1.89 bits per heavy atom. The van der Waals surface area contributed by atoms with Gasteiger partial charge in [0.25, 0.3) is 0 Å². The molecule has 0 saturated carbocycles. The van der Waals surface area contributed by atoms with Gasteiger partial charge in [0.15, 0.2) is 0 Å². The van der Waals surface area contributed by atoms with Gasteiger partial charge in [-0.15, -0.1) is 11.6 Å². The summed E-state index contributed by atoms with van der Waals surface area (Å²) < 4.78 is 5.32. The van der Waals surface area contributed by atoms with Gasteiger partial charge in [0.2, 0.25) is 6.41 Å². The SMILES string of the molecule is CC(Cl)C(NC=O)C1OCCC(O)C1O.CC1CCN(C)C1.CCC.CS. The van der Waals surface area contributed by atoms with Gasteiger partial charge in [-0.05, 0) is 45.5 Å². The van der Waals surface area contributed by atoms with Gasteiger partial charge in [-0.3, -0.25) is 4.79 Å². The summed E-state index contributed by atoms with van der Waals surface area (Å²) in [5.41, 5.74) is 0. The lowest BCUT2D eigenvalue weighted by Gasteiger charge is -2.37. The molecule has 6 atom stereocenters. The molecule has 2 heterocycles. The van der Waals surface area contributed by atoms with Crippen molar-refractivity contribution in [2.75, 3.05) is 33.0 Å². The first-order chi connectivity index (χ1) is 12.8. The molecule has 0 spiro atoms. The van der Waals surface area contributed by atoms with Crippen molar-refractivity contribution < 1.29 is 19.7 Å². The molecular weight excluding hydrogens is 388 g/mol. The lowest BCUT2D eigenvalue weighted by molar-refractivity contribution is -0.147. The zero-order valence-electron chi connectivity index (χ0n) is 17.8. The van der Waals surface area contributed by atoms with Gasteiger partial charge in [-0.2, -0.15) is 12.6 Å². The topological polar surface area (TPSA) is 82.0 Å². The average molecular weight is 429 g/mol. The van der Waals surface area contributed by atoms with E-state index >= 15 is 0 Å². The minimum Gasteiger partial charge on any atom is -0.390 e. The van der Waals surface area contributed by atoms with E-state index in [1.165, 1.54) is 25.9 Å². The summed E-state index contributed by atoms with van der Waals surface area (Å²) in [7, 11) is 2.18. The quantitative estimate of drug-likeness (QED) is 0.313. The van der Waals surface area contributed by atoms with Crippen LogP contribution in [0.2, 0.25) is 0 Å². The maximum absolute atomic E-state index is 10.4. The van der Waals surface area contributed by atoms with E-state index in [0.717, 1.165) is 5.92 Å². The number of rotatable bonds is 4. The molecule has 8 heteroatoms. The van der Waals surface area contributed by atoms with Crippen molar-refractivity contribution in [2.24, 2.45) is 5.92 Å².